The summed E-state index contributed by atoms with van der Waals surface area (Å²) in [6.45, 7) is 1.48. The Kier molecular flexibility index (Phi) is 4.50. The van der Waals surface area contributed by atoms with Gasteiger partial charge in [-0.3, -0.25) is 0 Å². The van der Waals surface area contributed by atoms with Gasteiger partial charge in [0.2, 0.25) is 0 Å². The molecule has 0 radical (unpaired) electrons. The van der Waals surface area contributed by atoms with Crippen LogP contribution in [0.2, 0.25) is 0 Å². The summed E-state index contributed by atoms with van der Waals surface area (Å²) < 4.78 is 5.16. The molecule has 2 rings (SSSR count). The molecule has 0 bridgehead atoms. The van der Waals surface area contributed by atoms with Crippen LogP contribution in [0.15, 0.2) is 41.5 Å². The Hall–Kier alpha value is -2.76. The lowest BCUT2D eigenvalue weighted by atomic mass is 10.0. The summed E-state index contributed by atoms with van der Waals surface area (Å²) in [5, 5.41) is 28.0. The zero-order chi connectivity index (χ0) is 16.3. The number of aromatic hydroxyl groups is 2. The van der Waals surface area contributed by atoms with Crippen molar-refractivity contribution in [2.24, 2.45) is 0 Å². The highest BCUT2D eigenvalue weighted by Gasteiger charge is 2.28. The summed E-state index contributed by atoms with van der Waals surface area (Å²) >= 11 is 0. The minimum absolute atomic E-state index is 0.0364. The number of ether oxygens (including phenoxy) is 1. The van der Waals surface area contributed by atoms with E-state index in [1.165, 1.54) is 31.2 Å². The van der Waals surface area contributed by atoms with Gasteiger partial charge in [0, 0.05) is 16.7 Å². The minimum Gasteiger partial charge on any atom is -0.508 e. The van der Waals surface area contributed by atoms with E-state index in [0.717, 1.165) is 0 Å². The molecule has 0 fully saturated rings. The van der Waals surface area contributed by atoms with E-state index in [9.17, 15) is 19.8 Å². The van der Waals surface area contributed by atoms with Gasteiger partial charge in [-0.25, -0.2) is 9.59 Å². The number of carboxylic acid groups (broad SMARTS) is 1. The molecule has 3 N–H and O–H groups in total. The maximum absolute atomic E-state index is 11.8. The summed E-state index contributed by atoms with van der Waals surface area (Å²) in [6, 6.07) is 3.99. The Balaban J connectivity index is 2.10. The summed E-state index contributed by atoms with van der Waals surface area (Å²) in [7, 11) is 0. The van der Waals surface area contributed by atoms with Crippen LogP contribution in [-0.4, -0.2) is 27.3 Å². The standard InChI is InChI=1S/C16H16O6/c1-9(15(19)20)3-2-4-10-7-14(22-16(10)21)12-8-11(17)5-6-13(12)18/h3,5-8,14,17-18H,2,4H2,1H3,(H,19,20)/t14-/m0/s1. The first-order valence-electron chi connectivity index (χ1n) is 6.72. The average molecular weight is 304 g/mol. The van der Waals surface area contributed by atoms with Gasteiger partial charge in [-0.05, 0) is 44.0 Å². The van der Waals surface area contributed by atoms with Crippen molar-refractivity contribution in [2.75, 3.05) is 0 Å². The Bertz CT molecular complexity index is 671. The molecular weight excluding hydrogens is 288 g/mol. The fourth-order valence-corrected chi connectivity index (χ4v) is 2.12. The molecule has 0 aliphatic carbocycles. The Labute approximate surface area is 127 Å². The Morgan fingerprint density at radius 3 is 2.77 bits per heavy atom. The van der Waals surface area contributed by atoms with Crippen LogP contribution in [0.25, 0.3) is 0 Å². The number of hydrogen-bond donors (Lipinski definition) is 3. The average Bonchev–Trinajstić information content (AvgIpc) is 2.82. The molecule has 6 nitrogen and oxygen atoms in total. The normalized spacial score (nSPS) is 18.0. The second-order valence-corrected chi connectivity index (χ2v) is 4.99. The van der Waals surface area contributed by atoms with Gasteiger partial charge >= 0.3 is 11.9 Å². The minimum atomic E-state index is -0.995. The van der Waals surface area contributed by atoms with Gasteiger partial charge in [-0.1, -0.05) is 6.08 Å². The molecule has 1 aromatic rings. The van der Waals surface area contributed by atoms with Gasteiger partial charge in [0.1, 0.15) is 17.6 Å². The number of rotatable bonds is 5. The topological polar surface area (TPSA) is 104 Å². The summed E-state index contributed by atoms with van der Waals surface area (Å²) in [5.41, 5.74) is 0.942. The van der Waals surface area contributed by atoms with E-state index in [2.05, 4.69) is 0 Å². The predicted octanol–water partition coefficient (Wildman–Crippen LogP) is 2.43. The molecule has 1 atom stereocenters. The quantitative estimate of drug-likeness (QED) is 0.438. The van der Waals surface area contributed by atoms with E-state index < -0.39 is 18.0 Å². The van der Waals surface area contributed by atoms with Crippen LogP contribution in [0.3, 0.4) is 0 Å². The van der Waals surface area contributed by atoms with Gasteiger partial charge in [0.15, 0.2) is 0 Å². The highest BCUT2D eigenvalue weighted by atomic mass is 16.5. The molecule has 0 saturated heterocycles. The molecule has 116 valence electrons. The number of cyclic esters (lactones) is 1. The van der Waals surface area contributed by atoms with E-state index in [0.29, 0.717) is 24.0 Å². The number of esters is 1. The van der Waals surface area contributed by atoms with Gasteiger partial charge < -0.3 is 20.1 Å². The molecule has 0 aromatic heterocycles. The lowest BCUT2D eigenvalue weighted by molar-refractivity contribution is -0.140. The van der Waals surface area contributed by atoms with Crippen LogP contribution in [0.5, 0.6) is 11.5 Å². The number of carbonyl (C=O) groups is 2. The van der Waals surface area contributed by atoms with Crippen molar-refractivity contribution < 1.29 is 29.6 Å². The van der Waals surface area contributed by atoms with E-state index in [-0.39, 0.29) is 17.1 Å². The predicted molar refractivity (Wildman–Crippen MR) is 77.3 cm³/mol. The third-order valence-corrected chi connectivity index (χ3v) is 3.37. The Morgan fingerprint density at radius 1 is 1.36 bits per heavy atom. The fraction of sp³-hybridized carbons (Fsp3) is 0.250. The molecule has 1 heterocycles. The van der Waals surface area contributed by atoms with E-state index >= 15 is 0 Å². The number of phenols is 2. The smallest absolute Gasteiger partial charge is 0.334 e. The monoisotopic (exact) mass is 304 g/mol. The van der Waals surface area contributed by atoms with Gasteiger partial charge in [0.05, 0.1) is 0 Å². The van der Waals surface area contributed by atoms with Crippen LogP contribution in [0.4, 0.5) is 0 Å². The third-order valence-electron chi connectivity index (χ3n) is 3.37. The zero-order valence-corrected chi connectivity index (χ0v) is 11.9. The van der Waals surface area contributed by atoms with Gasteiger partial charge in [-0.2, -0.15) is 0 Å². The summed E-state index contributed by atoms with van der Waals surface area (Å²) in [5.74, 6) is -1.61. The van der Waals surface area contributed by atoms with E-state index in [1.54, 1.807) is 6.08 Å². The summed E-state index contributed by atoms with van der Waals surface area (Å²) in [6.07, 6.45) is 3.10. The first-order chi connectivity index (χ1) is 10.4. The first kappa shape index (κ1) is 15.6. The molecule has 0 unspecified atom stereocenters. The number of carbonyl (C=O) groups excluding carboxylic acids is 1. The number of aliphatic carboxylic acids is 1. The molecule has 1 aliphatic rings. The van der Waals surface area contributed by atoms with Crippen molar-refractivity contribution in [3.63, 3.8) is 0 Å². The second-order valence-electron chi connectivity index (χ2n) is 4.99. The molecular formula is C16H16O6. The fourth-order valence-electron chi connectivity index (χ4n) is 2.12. The number of allylic oxidation sites excluding steroid dienone is 1. The largest absolute Gasteiger partial charge is 0.508 e. The molecule has 6 heteroatoms. The molecule has 1 aliphatic heterocycles. The highest BCUT2D eigenvalue weighted by molar-refractivity contribution is 5.91. The molecule has 0 spiro atoms. The van der Waals surface area contributed by atoms with Crippen molar-refractivity contribution in [1.82, 2.24) is 0 Å². The number of benzene rings is 1. The second kappa shape index (κ2) is 6.34. The lowest BCUT2D eigenvalue weighted by Crippen LogP contribution is -2.03. The van der Waals surface area contributed by atoms with Crippen molar-refractivity contribution in [3.05, 3.63) is 47.1 Å². The van der Waals surface area contributed by atoms with E-state index in [4.69, 9.17) is 9.84 Å². The van der Waals surface area contributed by atoms with Crippen LogP contribution in [0.1, 0.15) is 31.4 Å². The van der Waals surface area contributed by atoms with Crippen molar-refractivity contribution in [3.8, 4) is 11.5 Å². The third kappa shape index (κ3) is 3.46. The molecule has 0 saturated carbocycles. The molecule has 0 amide bonds. The molecule has 1 aromatic carbocycles. The van der Waals surface area contributed by atoms with Crippen molar-refractivity contribution in [1.29, 1.82) is 0 Å². The van der Waals surface area contributed by atoms with E-state index in [1.807, 2.05) is 0 Å². The number of phenolic OH excluding ortho intramolecular Hbond substituents is 2. The van der Waals surface area contributed by atoms with Gasteiger partial charge in [-0.15, -0.1) is 0 Å². The Morgan fingerprint density at radius 2 is 2.09 bits per heavy atom. The zero-order valence-electron chi connectivity index (χ0n) is 11.9. The van der Waals surface area contributed by atoms with Gasteiger partial charge in [0.25, 0.3) is 0 Å². The SMILES string of the molecule is CC(=CCCC1=C[C@@H](c2cc(O)ccc2O)OC1=O)C(=O)O. The van der Waals surface area contributed by atoms with Crippen LogP contribution >= 0.6 is 0 Å². The van der Waals surface area contributed by atoms with Crippen LogP contribution in [0, 0.1) is 0 Å². The lowest BCUT2D eigenvalue weighted by Gasteiger charge is -2.10. The summed E-state index contributed by atoms with van der Waals surface area (Å²) in [4.78, 5) is 22.5. The maximum Gasteiger partial charge on any atom is 0.334 e. The number of carboxylic acids is 1. The highest BCUT2D eigenvalue weighted by Crippen LogP contribution is 2.36. The van der Waals surface area contributed by atoms with Crippen LogP contribution < -0.4 is 0 Å². The first-order valence-corrected chi connectivity index (χ1v) is 6.72. The van der Waals surface area contributed by atoms with Crippen molar-refractivity contribution >= 4 is 11.9 Å². The van der Waals surface area contributed by atoms with Crippen molar-refractivity contribution in [2.45, 2.75) is 25.9 Å². The van der Waals surface area contributed by atoms with Crippen LogP contribution in [-0.2, 0) is 14.3 Å². The maximum atomic E-state index is 11.8. The number of hydrogen-bond acceptors (Lipinski definition) is 5. The molecule has 22 heavy (non-hydrogen) atoms.